The molecule has 12 heterocycles. The van der Waals surface area contributed by atoms with Gasteiger partial charge in [0.25, 0.3) is 11.1 Å². The fourth-order valence-corrected chi connectivity index (χ4v) is 18.7. The Morgan fingerprint density at radius 3 is 1.16 bits per heavy atom. The topological polar surface area (TPSA) is 447 Å². The van der Waals surface area contributed by atoms with E-state index in [2.05, 4.69) is 20.4 Å². The van der Waals surface area contributed by atoms with Crippen molar-refractivity contribution in [2.75, 3.05) is 171 Å². The van der Waals surface area contributed by atoms with Crippen molar-refractivity contribution in [1.82, 2.24) is 49.3 Å². The lowest BCUT2D eigenvalue weighted by Gasteiger charge is -2.39. The number of aromatic nitrogens is 4. The number of nitrogens with zero attached hydrogens (tertiary/aromatic N) is 8. The van der Waals surface area contributed by atoms with E-state index in [0.717, 1.165) is 84.9 Å². The van der Waals surface area contributed by atoms with Crippen molar-refractivity contribution in [2.45, 2.75) is 167 Å². The molecule has 129 heavy (non-hydrogen) atoms. The average Bonchev–Trinajstić information content (AvgIpc) is 1.54. The van der Waals surface area contributed by atoms with Gasteiger partial charge in [0.2, 0.25) is 23.0 Å². The molecule has 4 saturated heterocycles. The molecule has 4 amide bonds. The lowest BCUT2D eigenvalue weighted by molar-refractivity contribution is -0.189. The highest BCUT2D eigenvalue weighted by Gasteiger charge is 2.53. The van der Waals surface area contributed by atoms with Crippen molar-refractivity contribution >= 4 is 81.6 Å². The summed E-state index contributed by atoms with van der Waals surface area (Å²) >= 11 is 0. The van der Waals surface area contributed by atoms with Crippen molar-refractivity contribution in [2.24, 2.45) is 5.41 Å². The molecule has 38 heteroatoms. The van der Waals surface area contributed by atoms with Crippen LogP contribution in [-0.2, 0) is 146 Å². The Hall–Kier alpha value is -10.9. The maximum absolute atomic E-state index is 14.6. The quantitative estimate of drug-likeness (QED) is 0.0199. The second-order valence-electron chi connectivity index (χ2n) is 33.6. The monoisotopic (exact) mass is 1790 g/mol. The molecule has 0 aliphatic carbocycles. The number of carbonyl (C=O) groups excluding carboxylic acids is 8. The van der Waals surface area contributed by atoms with E-state index in [1.807, 2.05) is 13.8 Å². The van der Waals surface area contributed by atoms with Crippen molar-refractivity contribution < 1.29 is 124 Å². The number of carbonyl (C=O) groups is 10. The van der Waals surface area contributed by atoms with E-state index in [-0.39, 0.29) is 127 Å². The Kier molecular flexibility index (Phi) is 31.5. The number of aryl methyl sites for hydroxylation is 2. The van der Waals surface area contributed by atoms with Gasteiger partial charge in [0.1, 0.15) is 64.2 Å². The number of rotatable bonds is 42. The molecular formula is C91H114N10O28. The molecule has 38 nitrogen and oxygen atoms in total. The van der Waals surface area contributed by atoms with Gasteiger partial charge in [-0.1, -0.05) is 40.5 Å². The molecule has 14 rings (SSSR count). The molecule has 2 aromatic carbocycles. The van der Waals surface area contributed by atoms with Gasteiger partial charge in [-0.3, -0.25) is 28.8 Å². The summed E-state index contributed by atoms with van der Waals surface area (Å²) in [5, 5.41) is 24.6. The van der Waals surface area contributed by atoms with Gasteiger partial charge in [0.15, 0.2) is 0 Å². The highest BCUT2D eigenvalue weighted by atomic mass is 16.6. The number of aliphatic carboxylic acids is 2. The number of esters is 4. The van der Waals surface area contributed by atoms with Crippen LogP contribution in [0.25, 0.3) is 44.6 Å². The normalized spacial score (nSPS) is 18.8. The molecule has 0 saturated carbocycles. The molecule has 2 atom stereocenters. The highest BCUT2D eigenvalue weighted by Crippen LogP contribution is 2.46. The van der Waals surface area contributed by atoms with E-state index in [0.29, 0.717) is 96.4 Å². The van der Waals surface area contributed by atoms with E-state index in [9.17, 15) is 57.5 Å². The number of hydrogen-bond acceptors (Lipinski definition) is 30. The number of benzene rings is 2. The summed E-state index contributed by atoms with van der Waals surface area (Å²) in [5.41, 5.74) is 0.421. The van der Waals surface area contributed by atoms with Crippen LogP contribution in [0.5, 0.6) is 11.5 Å². The fraction of sp³-hybridized carbons (Fsp3) is 0.582. The number of likely N-dealkylation sites (tertiary alicyclic amines) is 4. The smallest absolute Gasteiger partial charge is 0.415 e. The predicted octanol–water partition coefficient (Wildman–Crippen LogP) is 5.82. The molecule has 8 aliphatic heterocycles. The summed E-state index contributed by atoms with van der Waals surface area (Å²) < 4.78 is 83.6. The molecule has 2 unspecified atom stereocenters. The van der Waals surface area contributed by atoms with Gasteiger partial charge in [-0.15, -0.1) is 0 Å². The van der Waals surface area contributed by atoms with E-state index in [4.69, 9.17) is 86.5 Å². The summed E-state index contributed by atoms with van der Waals surface area (Å²) in [5.74, 6) is -7.06. The van der Waals surface area contributed by atoms with Crippen LogP contribution in [0.4, 0.5) is 9.59 Å². The molecule has 6 aromatic rings. The van der Waals surface area contributed by atoms with E-state index >= 15 is 0 Å². The third-order valence-electron chi connectivity index (χ3n) is 25.3. The van der Waals surface area contributed by atoms with Crippen LogP contribution < -0.4 is 31.2 Å². The Labute approximate surface area is 743 Å². The number of carboxylic acids is 2. The zero-order valence-corrected chi connectivity index (χ0v) is 73.5. The molecule has 0 bridgehead atoms. The van der Waals surface area contributed by atoms with Crippen LogP contribution in [0.3, 0.4) is 0 Å². The summed E-state index contributed by atoms with van der Waals surface area (Å²) in [6.45, 7) is 7.99. The molecule has 0 spiro atoms. The molecule has 8 aliphatic rings. The van der Waals surface area contributed by atoms with Gasteiger partial charge in [0.05, 0.1) is 143 Å². The fourth-order valence-electron chi connectivity index (χ4n) is 18.7. The number of nitrogens with one attached hydrogen (secondary N) is 2. The number of cyclic esters (lactones) is 2. The van der Waals surface area contributed by atoms with Crippen LogP contribution in [0, 0.1) is 5.41 Å². The Morgan fingerprint density at radius 2 is 0.814 bits per heavy atom. The summed E-state index contributed by atoms with van der Waals surface area (Å²) in [6.07, 6.45) is 10.8. The zero-order chi connectivity index (χ0) is 90.9. The van der Waals surface area contributed by atoms with Gasteiger partial charge in [0, 0.05) is 71.3 Å². The van der Waals surface area contributed by atoms with E-state index in [1.54, 1.807) is 81.3 Å². The third-order valence-corrected chi connectivity index (χ3v) is 25.3. The first kappa shape index (κ1) is 94.2. The van der Waals surface area contributed by atoms with Crippen LogP contribution in [-0.4, -0.2) is 292 Å². The number of hydrogen-bond donors (Lipinski definition) is 4. The molecule has 4 aromatic heterocycles. The van der Waals surface area contributed by atoms with Crippen LogP contribution in [0.1, 0.15) is 149 Å². The lowest BCUT2D eigenvalue weighted by Crippen LogP contribution is -2.48. The first-order valence-electron chi connectivity index (χ1n) is 44.7. The summed E-state index contributed by atoms with van der Waals surface area (Å²) in [6, 6.07) is 14.7. The number of piperidine rings is 4. The molecule has 4 N–H and O–H groups in total. The molecular weight excluding hydrogens is 1680 g/mol. The van der Waals surface area contributed by atoms with E-state index in [1.165, 1.54) is 38.5 Å². The van der Waals surface area contributed by atoms with Gasteiger partial charge in [-0.2, -0.15) is 0 Å². The summed E-state index contributed by atoms with van der Waals surface area (Å²) in [4.78, 5) is 179. The summed E-state index contributed by atoms with van der Waals surface area (Å²) in [7, 11) is 0. The Bertz CT molecular complexity index is 4960. The van der Waals surface area contributed by atoms with Gasteiger partial charge in [-0.25, -0.2) is 38.7 Å². The SMILES string of the molecule is CCc1c2c(nc3ccc(OC(=O)N4CCC(N5CCCCC5)CC4)cc13)-c1cc3c(c(=O)n1C2)COC(=O)C3(CC)OC(=O)CNC(=O)COCCOCC(COCCOCC(=O)O)(COCCOCC(=O)O)COCCOCC(=O)NCC(=O)OC1(CC)C(=O)OCc2c1cc1n(c2=O)Cc2c-1nc1ccc(OC(=O)N3CCC(N4CCCCC4)CC3)cc1c2CC. The predicted molar refractivity (Wildman–Crippen MR) is 458 cm³/mol. The average molecular weight is 1800 g/mol. The minimum Gasteiger partial charge on any atom is -0.480 e. The second-order valence-corrected chi connectivity index (χ2v) is 33.6. The van der Waals surface area contributed by atoms with Crippen molar-refractivity contribution in [3.05, 3.63) is 114 Å². The van der Waals surface area contributed by atoms with Gasteiger partial charge < -0.3 is 116 Å². The number of pyridine rings is 4. The van der Waals surface area contributed by atoms with Crippen molar-refractivity contribution in [1.29, 1.82) is 0 Å². The van der Waals surface area contributed by atoms with Crippen LogP contribution >= 0.6 is 0 Å². The molecule has 4 fully saturated rings. The minimum absolute atomic E-state index is 0.0900. The highest BCUT2D eigenvalue weighted by molar-refractivity contribution is 5.94. The molecule has 696 valence electrons. The lowest BCUT2D eigenvalue weighted by atomic mass is 9.85. The Balaban J connectivity index is 0.550. The van der Waals surface area contributed by atoms with Crippen molar-refractivity contribution in [3.63, 3.8) is 0 Å². The first-order valence-corrected chi connectivity index (χ1v) is 44.7. The number of fused-ring (bicyclic) bond motifs is 10. The maximum atomic E-state index is 14.6. The zero-order valence-electron chi connectivity index (χ0n) is 73.5. The van der Waals surface area contributed by atoms with Gasteiger partial charge >= 0.3 is 48.0 Å². The standard InChI is InChI=1S/C91H114N10O28/c1-5-61-63-39-59(126-87(114)98-27-19-57(20-28-98)96-23-11-9-12-24-96)15-17-71(63)94-81-65(61)45-100-73(81)41-69-67(83(100)110)47-124-85(112)90(69,7-3)128-79(108)43-92-75(102)49-116-31-35-120-53-89(55-122-37-33-118-51-77(104)105,56-123-38-34-119-52-78(106)107)54-121-36-32-117-50-76(103)93-44-80(109)129-91(8-4)70-42-74-82-66(46-101(74)84(111)68(70)48-125-86(91)113)62(6-2)64-40-60(16-18-72(64)95-82)127-88(115)99-29-21-58(22-30-99)97-25-13-10-14-26-97/h15-18,39-42,57-58H,5-14,19-38,43-56H2,1-4H3,(H,92,102)(H,93,103)(H,104,105)(H,106,107). The van der Waals surface area contributed by atoms with E-state index < -0.39 is 140 Å². The third kappa shape index (κ3) is 21.7. The second kappa shape index (κ2) is 43.2. The largest absolute Gasteiger partial charge is 0.480 e. The number of carboxylic acid groups (broad SMARTS) is 2. The Morgan fingerprint density at radius 1 is 0.457 bits per heavy atom. The number of ether oxygens (including phenoxy) is 14. The van der Waals surface area contributed by atoms with Crippen molar-refractivity contribution in [3.8, 4) is 34.3 Å². The van der Waals surface area contributed by atoms with Crippen LogP contribution in [0.2, 0.25) is 0 Å². The first-order chi connectivity index (χ1) is 62.5. The van der Waals surface area contributed by atoms with Gasteiger partial charge in [-0.05, 0) is 163 Å². The molecule has 0 radical (unpaired) electrons. The maximum Gasteiger partial charge on any atom is 0.415 e. The van der Waals surface area contributed by atoms with Crippen LogP contribution in [0.15, 0.2) is 58.1 Å². The minimum atomic E-state index is -2.09. The number of amides is 4.